The van der Waals surface area contributed by atoms with Crippen molar-refractivity contribution in [2.75, 3.05) is 27.2 Å². The van der Waals surface area contributed by atoms with E-state index < -0.39 is 0 Å². The van der Waals surface area contributed by atoms with E-state index in [1.807, 2.05) is 0 Å². The fourth-order valence-corrected chi connectivity index (χ4v) is 3.03. The summed E-state index contributed by atoms with van der Waals surface area (Å²) in [7, 11) is 4.43. The number of aliphatic hydroxyl groups excluding tert-OH is 1. The molecular formula is C10H20N2O. The van der Waals surface area contributed by atoms with Gasteiger partial charge in [0.2, 0.25) is 0 Å². The van der Waals surface area contributed by atoms with E-state index in [4.69, 9.17) is 5.11 Å². The number of likely N-dealkylation sites (tertiary alicyclic amines) is 1. The largest absolute Gasteiger partial charge is 0.396 e. The topological polar surface area (TPSA) is 26.7 Å². The summed E-state index contributed by atoms with van der Waals surface area (Å²) < 4.78 is 0. The van der Waals surface area contributed by atoms with Gasteiger partial charge < -0.3 is 10.0 Å². The predicted octanol–water partition coefficient (Wildman–Crippen LogP) is 0.146. The molecule has 0 saturated carbocycles. The van der Waals surface area contributed by atoms with Crippen LogP contribution in [0.25, 0.3) is 0 Å². The molecule has 2 saturated heterocycles. The van der Waals surface area contributed by atoms with Gasteiger partial charge in [-0.3, -0.25) is 4.90 Å². The van der Waals surface area contributed by atoms with Crippen molar-refractivity contribution >= 4 is 0 Å². The molecule has 1 N–H and O–H groups in total. The molecule has 0 radical (unpaired) electrons. The van der Waals surface area contributed by atoms with Crippen molar-refractivity contribution in [3.8, 4) is 0 Å². The van der Waals surface area contributed by atoms with Crippen molar-refractivity contribution in [2.24, 2.45) is 0 Å². The van der Waals surface area contributed by atoms with Crippen molar-refractivity contribution in [3.05, 3.63) is 0 Å². The highest BCUT2D eigenvalue weighted by molar-refractivity contribution is 4.99. The van der Waals surface area contributed by atoms with Crippen LogP contribution in [0.5, 0.6) is 0 Å². The van der Waals surface area contributed by atoms with Gasteiger partial charge in [-0.2, -0.15) is 0 Å². The van der Waals surface area contributed by atoms with Gasteiger partial charge >= 0.3 is 0 Å². The van der Waals surface area contributed by atoms with Gasteiger partial charge in [-0.25, -0.2) is 0 Å². The monoisotopic (exact) mass is 184 g/mol. The van der Waals surface area contributed by atoms with Gasteiger partial charge in [-0.15, -0.1) is 0 Å². The molecule has 2 unspecified atom stereocenters. The Morgan fingerprint density at radius 2 is 2.08 bits per heavy atom. The third kappa shape index (κ3) is 1.49. The van der Waals surface area contributed by atoms with Crippen molar-refractivity contribution in [1.29, 1.82) is 0 Å². The van der Waals surface area contributed by atoms with Gasteiger partial charge in [0.1, 0.15) is 0 Å². The first-order valence-electron chi connectivity index (χ1n) is 5.27. The molecule has 3 nitrogen and oxygen atoms in total. The van der Waals surface area contributed by atoms with E-state index in [9.17, 15) is 0 Å². The number of hydrogen-bond acceptors (Lipinski definition) is 3. The average Bonchev–Trinajstić information content (AvgIpc) is 2.34. The lowest BCUT2D eigenvalue weighted by Crippen LogP contribution is -2.57. The maximum Gasteiger partial charge on any atom is 0.0446 e. The molecule has 2 aliphatic heterocycles. The van der Waals surface area contributed by atoms with Crippen LogP contribution in [0.3, 0.4) is 0 Å². The van der Waals surface area contributed by atoms with E-state index in [0.717, 1.165) is 12.5 Å². The maximum atomic E-state index is 9.00. The lowest BCUT2D eigenvalue weighted by Gasteiger charge is -2.43. The summed E-state index contributed by atoms with van der Waals surface area (Å²) in [5.41, 5.74) is 0. The van der Waals surface area contributed by atoms with Crippen LogP contribution in [0.1, 0.15) is 19.3 Å². The van der Waals surface area contributed by atoms with Gasteiger partial charge in [-0.1, -0.05) is 0 Å². The smallest absolute Gasteiger partial charge is 0.0446 e. The Morgan fingerprint density at radius 1 is 1.31 bits per heavy atom. The van der Waals surface area contributed by atoms with E-state index in [-0.39, 0.29) is 0 Å². The molecule has 0 spiro atoms. The van der Waals surface area contributed by atoms with Gasteiger partial charge in [0, 0.05) is 31.3 Å². The van der Waals surface area contributed by atoms with Crippen molar-refractivity contribution in [3.63, 3.8) is 0 Å². The lowest BCUT2D eigenvalue weighted by molar-refractivity contribution is 0.0370. The summed E-state index contributed by atoms with van der Waals surface area (Å²) in [6.07, 6.45) is 3.59. The molecule has 0 aromatic heterocycles. The van der Waals surface area contributed by atoms with Crippen LogP contribution in [0, 0.1) is 0 Å². The molecule has 0 aromatic rings. The Balaban J connectivity index is 2.08. The van der Waals surface area contributed by atoms with Gasteiger partial charge in [0.15, 0.2) is 0 Å². The second-order valence-corrected chi connectivity index (χ2v) is 4.48. The van der Waals surface area contributed by atoms with E-state index in [2.05, 4.69) is 23.9 Å². The molecular weight excluding hydrogens is 164 g/mol. The van der Waals surface area contributed by atoms with Crippen molar-refractivity contribution < 1.29 is 5.11 Å². The molecule has 0 aliphatic carbocycles. The Labute approximate surface area is 80.3 Å². The van der Waals surface area contributed by atoms with Crippen LogP contribution in [0.4, 0.5) is 0 Å². The molecule has 76 valence electrons. The zero-order chi connectivity index (χ0) is 9.42. The van der Waals surface area contributed by atoms with Crippen LogP contribution in [0.2, 0.25) is 0 Å². The first-order chi connectivity index (χ1) is 6.24. The fraction of sp³-hybridized carbons (Fsp3) is 1.00. The SMILES string of the molecule is CN1C2CCC1[C@@H](CCO)N(C)C2. The first-order valence-corrected chi connectivity index (χ1v) is 5.27. The minimum Gasteiger partial charge on any atom is -0.396 e. The average molecular weight is 184 g/mol. The third-order valence-corrected chi connectivity index (χ3v) is 3.83. The quantitative estimate of drug-likeness (QED) is 0.661. The molecule has 0 aromatic carbocycles. The Bertz CT molecular complexity index is 186. The predicted molar refractivity (Wildman–Crippen MR) is 52.7 cm³/mol. The number of piperazine rings is 1. The summed E-state index contributed by atoms with van der Waals surface area (Å²) in [4.78, 5) is 4.94. The summed E-state index contributed by atoms with van der Waals surface area (Å²) in [6, 6.07) is 2.04. The van der Waals surface area contributed by atoms with Gasteiger partial charge in [0.25, 0.3) is 0 Å². The Hall–Kier alpha value is -0.120. The molecule has 13 heavy (non-hydrogen) atoms. The normalized spacial score (nSPS) is 41.3. The van der Waals surface area contributed by atoms with Crippen LogP contribution < -0.4 is 0 Å². The summed E-state index contributed by atoms with van der Waals surface area (Å²) in [6.45, 7) is 1.50. The van der Waals surface area contributed by atoms with Gasteiger partial charge in [-0.05, 0) is 33.4 Å². The summed E-state index contributed by atoms with van der Waals surface area (Å²) in [5, 5.41) is 9.00. The number of nitrogens with zero attached hydrogens (tertiary/aromatic N) is 2. The molecule has 2 fully saturated rings. The van der Waals surface area contributed by atoms with E-state index in [1.54, 1.807) is 0 Å². The van der Waals surface area contributed by atoms with E-state index >= 15 is 0 Å². The molecule has 2 heterocycles. The van der Waals surface area contributed by atoms with Gasteiger partial charge in [0.05, 0.1) is 0 Å². The summed E-state index contributed by atoms with van der Waals surface area (Å²) >= 11 is 0. The standard InChI is InChI=1S/C10H20N2O/c1-11-7-8-3-4-10(12(8)2)9(11)5-6-13/h8-10,13H,3-7H2,1-2H3/t8?,9-,10?/m1/s1. The molecule has 0 amide bonds. The molecule has 2 rings (SSSR count). The van der Waals surface area contributed by atoms with Crippen LogP contribution in [0.15, 0.2) is 0 Å². The second-order valence-electron chi connectivity index (χ2n) is 4.48. The van der Waals surface area contributed by atoms with Crippen LogP contribution in [-0.2, 0) is 0 Å². The second kappa shape index (κ2) is 3.56. The first kappa shape index (κ1) is 9.44. The number of hydrogen-bond donors (Lipinski definition) is 1. The fourth-order valence-electron chi connectivity index (χ4n) is 3.03. The highest BCUT2D eigenvalue weighted by atomic mass is 16.3. The maximum absolute atomic E-state index is 9.00. The Kier molecular flexibility index (Phi) is 2.58. The van der Waals surface area contributed by atoms with Crippen molar-refractivity contribution in [1.82, 2.24) is 9.80 Å². The van der Waals surface area contributed by atoms with E-state index in [0.29, 0.717) is 18.7 Å². The van der Waals surface area contributed by atoms with E-state index in [1.165, 1.54) is 19.4 Å². The van der Waals surface area contributed by atoms with Crippen LogP contribution in [-0.4, -0.2) is 60.3 Å². The summed E-state index contributed by atoms with van der Waals surface area (Å²) in [5.74, 6) is 0. The molecule has 2 bridgehead atoms. The molecule has 3 heteroatoms. The van der Waals surface area contributed by atoms with Crippen molar-refractivity contribution in [2.45, 2.75) is 37.4 Å². The number of likely N-dealkylation sites (N-methyl/N-ethyl adjacent to an activating group) is 2. The highest BCUT2D eigenvalue weighted by Crippen LogP contribution is 2.32. The van der Waals surface area contributed by atoms with Crippen LogP contribution >= 0.6 is 0 Å². The number of fused-ring (bicyclic) bond motifs is 2. The highest BCUT2D eigenvalue weighted by Gasteiger charge is 2.42. The number of aliphatic hydroxyl groups is 1. The lowest BCUT2D eigenvalue weighted by atomic mass is 10.0. The Morgan fingerprint density at radius 3 is 2.77 bits per heavy atom. The molecule has 2 aliphatic rings. The zero-order valence-electron chi connectivity index (χ0n) is 8.61. The minimum atomic E-state index is 0.323. The zero-order valence-corrected chi connectivity index (χ0v) is 8.61. The third-order valence-electron chi connectivity index (χ3n) is 3.83. The molecule has 3 atom stereocenters. The minimum absolute atomic E-state index is 0.323. The number of rotatable bonds is 2.